The average molecular weight is 618 g/mol. The maximum absolute atomic E-state index is 7.00. The molecule has 0 aromatic heterocycles. The molecule has 0 N–H and O–H groups in total. The van der Waals surface area contributed by atoms with E-state index in [2.05, 4.69) is 154 Å². The van der Waals surface area contributed by atoms with Gasteiger partial charge in [0.1, 0.15) is 0 Å². The first-order valence-electron chi connectivity index (χ1n) is 16.3. The first-order valence-corrected chi connectivity index (χ1v) is 16.7. The fourth-order valence-corrected chi connectivity index (χ4v) is 6.97. The highest BCUT2D eigenvalue weighted by Crippen LogP contribution is 2.48. The summed E-state index contributed by atoms with van der Waals surface area (Å²) in [4.78, 5) is 2.53. The molecule has 0 atom stereocenters. The third-order valence-electron chi connectivity index (χ3n) is 9.32. The van der Waals surface area contributed by atoms with E-state index < -0.39 is 0 Å². The maximum Gasteiger partial charge on any atom is 0.209 e. The van der Waals surface area contributed by atoms with Crippen molar-refractivity contribution in [1.29, 1.82) is 0 Å². The van der Waals surface area contributed by atoms with Crippen LogP contribution < -0.4 is 4.90 Å². The van der Waals surface area contributed by atoms with Crippen LogP contribution in [0.5, 0.6) is 0 Å². The molecule has 2 aliphatic rings. The van der Waals surface area contributed by atoms with E-state index in [1.807, 2.05) is 0 Å². The van der Waals surface area contributed by atoms with Gasteiger partial charge in [0.15, 0.2) is 12.3 Å². The Hall–Kier alpha value is -2.66. The van der Waals surface area contributed by atoms with Crippen molar-refractivity contribution in [3.8, 4) is 0 Å². The zero-order valence-electron chi connectivity index (χ0n) is 29.7. The van der Waals surface area contributed by atoms with Gasteiger partial charge in [0, 0.05) is 52.5 Å². The molecule has 0 spiro atoms. The number of aryl methyl sites for hydroxylation is 2. The Kier molecular flexibility index (Phi) is 9.81. The Labute approximate surface area is 273 Å². The molecule has 4 nitrogen and oxygen atoms in total. The van der Waals surface area contributed by atoms with Crippen LogP contribution in [0.15, 0.2) is 71.4 Å². The number of anilines is 1. The maximum atomic E-state index is 7.00. The second-order valence-corrected chi connectivity index (χ2v) is 16.6. The molecule has 0 saturated carbocycles. The zero-order valence-corrected chi connectivity index (χ0v) is 30.4. The van der Waals surface area contributed by atoms with Crippen molar-refractivity contribution in [1.82, 2.24) is 0 Å². The lowest BCUT2D eigenvalue weighted by atomic mass is 9.81. The van der Waals surface area contributed by atoms with Crippen molar-refractivity contribution in [3.05, 3.63) is 93.7 Å². The quantitative estimate of drug-likeness (QED) is 0.140. The van der Waals surface area contributed by atoms with Crippen molar-refractivity contribution in [2.75, 3.05) is 73.4 Å². The molecule has 2 aliphatic heterocycles. The van der Waals surface area contributed by atoms with Gasteiger partial charge in [0.05, 0.1) is 67.2 Å². The highest BCUT2D eigenvalue weighted by Gasteiger charge is 2.44. The Morgan fingerprint density at radius 1 is 0.818 bits per heavy atom. The summed E-state index contributed by atoms with van der Waals surface area (Å²) < 4.78 is 4.47. The second kappa shape index (κ2) is 12.6. The number of allylic oxidation sites excluding steroid dienone is 6. The lowest BCUT2D eigenvalue weighted by Crippen LogP contribution is -2.37. The fraction of sp³-hybridized carbons (Fsp3) is 0.513. The van der Waals surface area contributed by atoms with Crippen LogP contribution in [0, 0.1) is 13.8 Å². The second-order valence-electron chi connectivity index (χ2n) is 16.2. The highest BCUT2D eigenvalue weighted by atomic mass is 35.5. The Bertz CT molecular complexity index is 1510. The normalized spacial score (nSPS) is 19.0. The Morgan fingerprint density at radius 2 is 1.41 bits per heavy atom. The van der Waals surface area contributed by atoms with Crippen LogP contribution in [-0.4, -0.2) is 87.7 Å². The summed E-state index contributed by atoms with van der Waals surface area (Å²) in [5.41, 5.74) is 10.5. The molecule has 2 heterocycles. The standard InChI is InChI=1S/C39H58ClN4/c1-29-15-19-34-32(27-29)38(3,4)36(41(34)23-13-25-43(7,8)9)21-17-31(40)18-22-37-39(5,6)33-28-30(2)16-20-35(33)42(37)24-14-26-44(10,11)12/h15-22,27-28H,13-14,23-26H2,1-12H3/q+3. The molecule has 0 radical (unpaired) electrons. The van der Waals surface area contributed by atoms with Crippen molar-refractivity contribution < 1.29 is 13.5 Å². The van der Waals surface area contributed by atoms with Crippen molar-refractivity contribution >= 4 is 28.7 Å². The first kappa shape index (κ1) is 34.2. The number of quaternary nitrogens is 2. The molecule has 0 fully saturated rings. The molecular weight excluding hydrogens is 560 g/mol. The van der Waals surface area contributed by atoms with E-state index in [0.717, 1.165) is 53.0 Å². The van der Waals surface area contributed by atoms with Crippen LogP contribution in [0.1, 0.15) is 62.8 Å². The zero-order chi connectivity index (χ0) is 32.7. The molecule has 0 aliphatic carbocycles. The predicted octanol–water partition coefficient (Wildman–Crippen LogP) is 8.23. The molecule has 0 saturated heterocycles. The van der Waals surface area contributed by atoms with E-state index in [1.54, 1.807) is 0 Å². The number of benzene rings is 2. The van der Waals surface area contributed by atoms with Crippen LogP contribution >= 0.6 is 11.6 Å². The topological polar surface area (TPSA) is 6.25 Å². The van der Waals surface area contributed by atoms with E-state index >= 15 is 0 Å². The third kappa shape index (κ3) is 7.58. The monoisotopic (exact) mass is 617 g/mol. The summed E-state index contributed by atoms with van der Waals surface area (Å²) in [6.07, 6.45) is 11.0. The number of fused-ring (bicyclic) bond motifs is 2. The largest absolute Gasteiger partial charge is 0.344 e. The number of nitrogens with zero attached hydrogens (tertiary/aromatic N) is 4. The summed E-state index contributed by atoms with van der Waals surface area (Å²) in [5.74, 6) is 0. The van der Waals surface area contributed by atoms with Crippen molar-refractivity contribution in [2.24, 2.45) is 0 Å². The van der Waals surface area contributed by atoms with Gasteiger partial charge in [-0.1, -0.05) is 54.8 Å². The molecule has 0 unspecified atom stereocenters. The SMILES string of the molecule is Cc1ccc2c(c1)C(C)(C)C(/C=C/C(Cl)=C/C=C1/N(CCC[N+](C)(C)C)c3ccc(C)cc3C1(C)C)=[N+]2CCC[N+](C)(C)C. The fourth-order valence-electron chi connectivity index (χ4n) is 6.84. The van der Waals surface area contributed by atoms with Gasteiger partial charge < -0.3 is 13.9 Å². The van der Waals surface area contributed by atoms with Gasteiger partial charge in [0.2, 0.25) is 5.69 Å². The van der Waals surface area contributed by atoms with Gasteiger partial charge in [-0.25, -0.2) is 0 Å². The van der Waals surface area contributed by atoms with E-state index in [9.17, 15) is 0 Å². The van der Waals surface area contributed by atoms with E-state index in [1.165, 1.54) is 45.0 Å². The minimum absolute atomic E-state index is 0.0978. The molecule has 4 rings (SSSR count). The Balaban J connectivity index is 1.67. The van der Waals surface area contributed by atoms with Crippen LogP contribution in [0.25, 0.3) is 0 Å². The number of hydrogen-bond acceptors (Lipinski definition) is 1. The minimum atomic E-state index is -0.0978. The third-order valence-corrected chi connectivity index (χ3v) is 9.57. The van der Waals surface area contributed by atoms with Crippen molar-refractivity contribution in [3.63, 3.8) is 0 Å². The number of halogens is 1. The van der Waals surface area contributed by atoms with E-state index in [4.69, 9.17) is 11.6 Å². The van der Waals surface area contributed by atoms with Crippen LogP contribution in [0.3, 0.4) is 0 Å². The van der Waals surface area contributed by atoms with Crippen molar-refractivity contribution in [2.45, 2.75) is 65.2 Å². The van der Waals surface area contributed by atoms with Crippen LogP contribution in [0.2, 0.25) is 0 Å². The lowest BCUT2D eigenvalue weighted by Gasteiger charge is -2.29. The average Bonchev–Trinajstić information content (AvgIpc) is 3.22. The first-order chi connectivity index (χ1) is 20.3. The molecule has 2 aromatic carbocycles. The predicted molar refractivity (Wildman–Crippen MR) is 192 cm³/mol. The minimum Gasteiger partial charge on any atom is -0.344 e. The molecule has 44 heavy (non-hydrogen) atoms. The molecule has 238 valence electrons. The van der Waals surface area contributed by atoms with Crippen LogP contribution in [0.4, 0.5) is 11.4 Å². The highest BCUT2D eigenvalue weighted by molar-refractivity contribution is 6.31. The smallest absolute Gasteiger partial charge is 0.209 e. The summed E-state index contributed by atoms with van der Waals surface area (Å²) in [7, 11) is 13.6. The summed E-state index contributed by atoms with van der Waals surface area (Å²) in [5, 5.41) is 0.744. The Morgan fingerprint density at radius 3 is 2.05 bits per heavy atom. The molecule has 0 amide bonds. The van der Waals surface area contributed by atoms with Crippen LogP contribution in [-0.2, 0) is 10.8 Å². The van der Waals surface area contributed by atoms with Gasteiger partial charge >= 0.3 is 0 Å². The lowest BCUT2D eigenvalue weighted by molar-refractivity contribution is -0.871. The van der Waals surface area contributed by atoms with Gasteiger partial charge in [0.25, 0.3) is 0 Å². The van der Waals surface area contributed by atoms with Gasteiger partial charge in [-0.05, 0) is 63.6 Å². The van der Waals surface area contributed by atoms with E-state index in [0.29, 0.717) is 0 Å². The van der Waals surface area contributed by atoms with Gasteiger partial charge in [-0.3, -0.25) is 0 Å². The van der Waals surface area contributed by atoms with Gasteiger partial charge in [-0.15, -0.1) is 0 Å². The molecule has 0 bridgehead atoms. The number of rotatable bonds is 11. The molecule has 2 aromatic rings. The summed E-state index contributed by atoms with van der Waals surface area (Å²) in [6.45, 7) is 18.0. The summed E-state index contributed by atoms with van der Waals surface area (Å²) in [6, 6.07) is 13.8. The molecule has 5 heteroatoms. The number of hydrogen-bond donors (Lipinski definition) is 0. The molecular formula is C39H58ClN4+3. The van der Waals surface area contributed by atoms with Gasteiger partial charge in [-0.2, -0.15) is 4.58 Å². The summed E-state index contributed by atoms with van der Waals surface area (Å²) >= 11 is 7.00. The van der Waals surface area contributed by atoms with E-state index in [-0.39, 0.29) is 10.8 Å².